The molecule has 0 aliphatic heterocycles. The zero-order chi connectivity index (χ0) is 20.9. The highest BCUT2D eigenvalue weighted by Gasteiger charge is 2.19. The van der Waals surface area contributed by atoms with Gasteiger partial charge in [0.2, 0.25) is 5.91 Å². The highest BCUT2D eigenvalue weighted by atomic mass is 32.2. The van der Waals surface area contributed by atoms with E-state index in [9.17, 15) is 9.59 Å². The lowest BCUT2D eigenvalue weighted by Crippen LogP contribution is -2.23. The summed E-state index contributed by atoms with van der Waals surface area (Å²) in [5.74, 6) is 2.71. The van der Waals surface area contributed by atoms with Gasteiger partial charge in [0.25, 0.3) is 5.56 Å². The Bertz CT molecular complexity index is 1110. The normalized spacial score (nSPS) is 13.2. The number of thioether (sulfide) groups is 1. The molecule has 0 unspecified atom stereocenters. The third-order valence-corrected chi connectivity index (χ3v) is 7.41. The van der Waals surface area contributed by atoms with Crippen LogP contribution in [-0.4, -0.2) is 28.7 Å². The molecule has 1 aromatic carbocycles. The summed E-state index contributed by atoms with van der Waals surface area (Å²) in [5, 5.41) is 3.72. The minimum Gasteiger partial charge on any atom is -0.496 e. The van der Waals surface area contributed by atoms with Crippen LogP contribution in [0.1, 0.15) is 41.1 Å². The van der Waals surface area contributed by atoms with Gasteiger partial charge in [-0.25, -0.2) is 4.98 Å². The van der Waals surface area contributed by atoms with Crippen LogP contribution in [0.5, 0.6) is 5.75 Å². The van der Waals surface area contributed by atoms with Crippen molar-refractivity contribution < 1.29 is 9.53 Å². The molecule has 3 aromatic rings. The van der Waals surface area contributed by atoms with E-state index in [0.717, 1.165) is 40.8 Å². The first kappa shape index (κ1) is 20.9. The van der Waals surface area contributed by atoms with E-state index in [1.165, 1.54) is 16.9 Å². The number of H-pyrrole nitrogens is 1. The molecule has 8 heteroatoms. The van der Waals surface area contributed by atoms with Crippen LogP contribution in [-0.2, 0) is 29.9 Å². The summed E-state index contributed by atoms with van der Waals surface area (Å²) in [6.07, 6.45) is 4.80. The molecule has 0 saturated heterocycles. The van der Waals surface area contributed by atoms with Gasteiger partial charge in [-0.3, -0.25) is 9.59 Å². The first-order valence-corrected chi connectivity index (χ1v) is 12.1. The standard InChI is InChI=1S/C22H25N3O3S2/c1-28-16-8-4-2-6-14(16)12-23-19(26)10-11-29-13-18-24-21(27)20-15-7-3-5-9-17(15)30-22(20)25-18/h2,4,6,8H,3,5,7,9-13H2,1H3,(H,23,26)(H,24,25,27). The van der Waals surface area contributed by atoms with E-state index in [1.54, 1.807) is 30.2 Å². The number of carbonyl (C=O) groups is 1. The van der Waals surface area contributed by atoms with Crippen LogP contribution >= 0.6 is 23.1 Å². The maximum Gasteiger partial charge on any atom is 0.259 e. The zero-order valence-electron chi connectivity index (χ0n) is 17.0. The van der Waals surface area contributed by atoms with Crippen LogP contribution in [0.4, 0.5) is 0 Å². The number of benzene rings is 1. The van der Waals surface area contributed by atoms with Gasteiger partial charge in [0.15, 0.2) is 0 Å². The fraction of sp³-hybridized carbons (Fsp3) is 0.409. The van der Waals surface area contributed by atoms with E-state index in [4.69, 9.17) is 4.74 Å². The highest BCUT2D eigenvalue weighted by Crippen LogP contribution is 2.33. The number of ether oxygens (including phenoxy) is 1. The maximum absolute atomic E-state index is 12.6. The molecule has 0 spiro atoms. The molecule has 158 valence electrons. The van der Waals surface area contributed by atoms with E-state index in [0.29, 0.717) is 30.3 Å². The molecule has 2 heterocycles. The molecule has 0 atom stereocenters. The number of methoxy groups -OCH3 is 1. The molecule has 0 saturated carbocycles. The monoisotopic (exact) mass is 443 g/mol. The van der Waals surface area contributed by atoms with Crippen molar-refractivity contribution in [1.82, 2.24) is 15.3 Å². The molecule has 6 nitrogen and oxygen atoms in total. The van der Waals surface area contributed by atoms with Crippen molar-refractivity contribution in [3.8, 4) is 5.75 Å². The fourth-order valence-electron chi connectivity index (χ4n) is 3.74. The largest absolute Gasteiger partial charge is 0.496 e. The number of amides is 1. The second-order valence-electron chi connectivity index (χ2n) is 7.29. The van der Waals surface area contributed by atoms with Crippen molar-refractivity contribution in [3.63, 3.8) is 0 Å². The molecule has 1 amide bonds. The number of aryl methyl sites for hydroxylation is 2. The van der Waals surface area contributed by atoms with E-state index in [-0.39, 0.29) is 11.5 Å². The topological polar surface area (TPSA) is 84.1 Å². The first-order valence-electron chi connectivity index (χ1n) is 10.2. The van der Waals surface area contributed by atoms with Crippen LogP contribution in [0.25, 0.3) is 10.2 Å². The Labute approximate surface area is 183 Å². The van der Waals surface area contributed by atoms with Crippen molar-refractivity contribution >= 4 is 39.2 Å². The van der Waals surface area contributed by atoms with Gasteiger partial charge in [-0.15, -0.1) is 11.3 Å². The Balaban J connectivity index is 1.28. The zero-order valence-corrected chi connectivity index (χ0v) is 18.6. The number of fused-ring (bicyclic) bond motifs is 3. The Morgan fingerprint density at radius 3 is 3.00 bits per heavy atom. The summed E-state index contributed by atoms with van der Waals surface area (Å²) in [5.41, 5.74) is 2.14. The van der Waals surface area contributed by atoms with Crippen LogP contribution in [0.15, 0.2) is 29.1 Å². The number of carbonyl (C=O) groups excluding carboxylic acids is 1. The number of para-hydroxylation sites is 1. The van der Waals surface area contributed by atoms with Gasteiger partial charge in [0.1, 0.15) is 16.4 Å². The van der Waals surface area contributed by atoms with Crippen molar-refractivity contribution in [3.05, 3.63) is 56.4 Å². The SMILES string of the molecule is COc1ccccc1CNC(=O)CCSCc1nc2sc3c(c2c(=O)[nH]1)CCCC3. The lowest BCUT2D eigenvalue weighted by molar-refractivity contribution is -0.120. The smallest absolute Gasteiger partial charge is 0.259 e. The Hall–Kier alpha value is -2.32. The number of thiophene rings is 1. The Morgan fingerprint density at radius 1 is 1.30 bits per heavy atom. The highest BCUT2D eigenvalue weighted by molar-refractivity contribution is 7.98. The maximum atomic E-state index is 12.6. The van der Waals surface area contributed by atoms with E-state index in [2.05, 4.69) is 15.3 Å². The molecule has 1 aliphatic rings. The Morgan fingerprint density at radius 2 is 2.13 bits per heavy atom. The summed E-state index contributed by atoms with van der Waals surface area (Å²) in [6.45, 7) is 0.447. The fourth-order valence-corrected chi connectivity index (χ4v) is 5.83. The predicted molar refractivity (Wildman–Crippen MR) is 123 cm³/mol. The van der Waals surface area contributed by atoms with Crippen molar-refractivity contribution in [2.75, 3.05) is 12.9 Å². The van der Waals surface area contributed by atoms with E-state index < -0.39 is 0 Å². The predicted octanol–water partition coefficient (Wildman–Crippen LogP) is 3.81. The van der Waals surface area contributed by atoms with Crippen molar-refractivity contribution in [2.24, 2.45) is 0 Å². The van der Waals surface area contributed by atoms with Crippen LogP contribution in [0.3, 0.4) is 0 Å². The second kappa shape index (κ2) is 9.66. The average molecular weight is 444 g/mol. The minimum absolute atomic E-state index is 0.00348. The molecule has 0 fully saturated rings. The summed E-state index contributed by atoms with van der Waals surface area (Å²) >= 11 is 3.27. The van der Waals surface area contributed by atoms with E-state index >= 15 is 0 Å². The number of nitrogens with one attached hydrogen (secondary N) is 2. The van der Waals surface area contributed by atoms with Gasteiger partial charge in [0, 0.05) is 29.2 Å². The molecule has 0 radical (unpaired) electrons. The van der Waals surface area contributed by atoms with Gasteiger partial charge in [0.05, 0.1) is 18.2 Å². The number of rotatable bonds is 8. The van der Waals surface area contributed by atoms with Crippen LogP contribution in [0.2, 0.25) is 0 Å². The number of hydrogen-bond acceptors (Lipinski definition) is 6. The van der Waals surface area contributed by atoms with Crippen molar-refractivity contribution in [2.45, 2.75) is 44.4 Å². The molecular formula is C22H25N3O3S2. The summed E-state index contributed by atoms with van der Waals surface area (Å²) < 4.78 is 5.30. The van der Waals surface area contributed by atoms with Gasteiger partial charge in [-0.05, 0) is 37.3 Å². The summed E-state index contributed by atoms with van der Waals surface area (Å²) in [7, 11) is 1.62. The van der Waals surface area contributed by atoms with Crippen molar-refractivity contribution in [1.29, 1.82) is 0 Å². The van der Waals surface area contributed by atoms with Crippen LogP contribution < -0.4 is 15.6 Å². The van der Waals surface area contributed by atoms with Crippen LogP contribution in [0, 0.1) is 0 Å². The lowest BCUT2D eigenvalue weighted by Gasteiger charge is -2.09. The number of aromatic amines is 1. The quantitative estimate of drug-likeness (QED) is 0.517. The van der Waals surface area contributed by atoms with E-state index in [1.807, 2.05) is 24.3 Å². The number of aromatic nitrogens is 2. The number of hydrogen-bond donors (Lipinski definition) is 2. The first-order chi connectivity index (χ1) is 14.7. The second-order valence-corrected chi connectivity index (χ2v) is 9.48. The molecule has 0 bridgehead atoms. The molecule has 4 rings (SSSR count). The summed E-state index contributed by atoms with van der Waals surface area (Å²) in [4.78, 5) is 34.5. The number of nitrogens with zero attached hydrogens (tertiary/aromatic N) is 1. The molecule has 30 heavy (non-hydrogen) atoms. The Kier molecular flexibility index (Phi) is 6.74. The molecule has 1 aliphatic carbocycles. The van der Waals surface area contributed by atoms with Gasteiger partial charge < -0.3 is 15.0 Å². The molecule has 2 aromatic heterocycles. The third kappa shape index (κ3) is 4.70. The molecule has 2 N–H and O–H groups in total. The summed E-state index contributed by atoms with van der Waals surface area (Å²) in [6, 6.07) is 7.65. The molecular weight excluding hydrogens is 418 g/mol. The average Bonchev–Trinajstić information content (AvgIpc) is 3.14. The van der Waals surface area contributed by atoms with Gasteiger partial charge in [-0.1, -0.05) is 18.2 Å². The van der Waals surface area contributed by atoms with Gasteiger partial charge >= 0.3 is 0 Å². The minimum atomic E-state index is -0.0236. The lowest BCUT2D eigenvalue weighted by atomic mass is 9.97. The van der Waals surface area contributed by atoms with Gasteiger partial charge in [-0.2, -0.15) is 11.8 Å². The third-order valence-electron chi connectivity index (χ3n) is 5.25.